The van der Waals surface area contributed by atoms with Crippen LogP contribution in [0.15, 0.2) is 152 Å². The molecule has 2 heterocycles. The van der Waals surface area contributed by atoms with Crippen LogP contribution in [0, 0.1) is 0 Å². The maximum Gasteiger partial charge on any atom is 0.193 e. The van der Waals surface area contributed by atoms with E-state index in [0.717, 1.165) is 16.5 Å². The molecule has 1 spiro atoms. The molecule has 0 unspecified atom stereocenters. The zero-order valence-electron chi connectivity index (χ0n) is 27.3. The highest BCUT2D eigenvalue weighted by Crippen LogP contribution is 2.62. The molecular formula is C47H31NO. The van der Waals surface area contributed by atoms with Crippen molar-refractivity contribution in [1.29, 1.82) is 0 Å². The van der Waals surface area contributed by atoms with Crippen molar-refractivity contribution < 1.29 is 4.79 Å². The molecule has 0 N–H and O–H groups in total. The number of nitrogens with zero attached hydrogens (tertiary/aromatic N) is 1. The number of benzene rings is 7. The molecule has 49 heavy (non-hydrogen) atoms. The van der Waals surface area contributed by atoms with Crippen molar-refractivity contribution in [3.8, 4) is 27.9 Å². The fourth-order valence-corrected chi connectivity index (χ4v) is 9.70. The molecule has 1 aliphatic heterocycles. The van der Waals surface area contributed by atoms with E-state index in [1.165, 1.54) is 77.7 Å². The molecule has 0 saturated carbocycles. The van der Waals surface area contributed by atoms with Gasteiger partial charge in [-0.1, -0.05) is 135 Å². The van der Waals surface area contributed by atoms with Crippen LogP contribution in [-0.2, 0) is 10.8 Å². The zero-order chi connectivity index (χ0) is 32.6. The van der Waals surface area contributed by atoms with Crippen molar-refractivity contribution in [1.82, 2.24) is 4.57 Å². The van der Waals surface area contributed by atoms with Crippen molar-refractivity contribution >= 4 is 27.6 Å². The number of aromatic nitrogens is 1. The predicted molar refractivity (Wildman–Crippen MR) is 199 cm³/mol. The Morgan fingerprint density at radius 1 is 0.469 bits per heavy atom. The van der Waals surface area contributed by atoms with Gasteiger partial charge in [-0.3, -0.25) is 4.79 Å². The average Bonchev–Trinajstić information content (AvgIpc) is 3.75. The number of ketones is 1. The van der Waals surface area contributed by atoms with E-state index in [1.54, 1.807) is 0 Å². The summed E-state index contributed by atoms with van der Waals surface area (Å²) in [5.41, 5.74) is 16.7. The second-order valence-electron chi connectivity index (χ2n) is 14.4. The van der Waals surface area contributed by atoms with Gasteiger partial charge in [0.2, 0.25) is 0 Å². The maximum absolute atomic E-state index is 14.9. The molecule has 8 aromatic rings. The van der Waals surface area contributed by atoms with Crippen LogP contribution in [0.3, 0.4) is 0 Å². The van der Waals surface area contributed by atoms with Crippen LogP contribution in [0.1, 0.15) is 63.1 Å². The largest absolute Gasteiger partial charge is 0.309 e. The third kappa shape index (κ3) is 3.15. The third-order valence-corrected chi connectivity index (χ3v) is 11.8. The molecule has 7 aromatic carbocycles. The van der Waals surface area contributed by atoms with Crippen LogP contribution >= 0.6 is 0 Å². The fourth-order valence-electron chi connectivity index (χ4n) is 9.70. The molecule has 11 rings (SSSR count). The summed E-state index contributed by atoms with van der Waals surface area (Å²) in [7, 11) is 0. The normalized spacial score (nSPS) is 15.1. The molecule has 2 nitrogen and oxygen atoms in total. The van der Waals surface area contributed by atoms with Gasteiger partial charge >= 0.3 is 0 Å². The van der Waals surface area contributed by atoms with Crippen LogP contribution in [-0.4, -0.2) is 10.4 Å². The van der Waals surface area contributed by atoms with Crippen molar-refractivity contribution in [3.05, 3.63) is 196 Å². The van der Waals surface area contributed by atoms with E-state index in [4.69, 9.17) is 0 Å². The first-order valence-electron chi connectivity index (χ1n) is 17.2. The Morgan fingerprint density at radius 2 is 1.00 bits per heavy atom. The Bertz CT molecular complexity index is 2710. The number of hydrogen-bond donors (Lipinski definition) is 0. The number of carbonyl (C=O) groups excluding carboxylic acids is 1. The fraction of sp³-hybridized carbons (Fsp3) is 0.0851. The SMILES string of the molecule is CC1(C)c2ccccc2-n2c3ccccc3c3cc(C(=O)c4ccc5c(c4)C4(c6ccccc6-c6ccccc64)c4ccccc4-5)cc1c32. The Kier molecular flexibility index (Phi) is 5.03. The van der Waals surface area contributed by atoms with E-state index >= 15 is 0 Å². The zero-order valence-corrected chi connectivity index (χ0v) is 27.3. The van der Waals surface area contributed by atoms with E-state index in [9.17, 15) is 4.79 Å². The third-order valence-electron chi connectivity index (χ3n) is 11.8. The Hall–Kier alpha value is -5.99. The summed E-state index contributed by atoms with van der Waals surface area (Å²) in [6.45, 7) is 4.59. The standard InChI is InChI=1S/C47H31NO/c1-46(2)39-20-10-12-22-43(39)48-42-21-11-6-16-34(42)35-25-29(27-41(46)44(35)48)45(49)28-23-24-33-32-15-5-9-19-38(32)47(40(33)26-28)36-17-7-3-13-30(36)31-14-4-8-18-37(31)47/h3-27H,1-2H3. The van der Waals surface area contributed by atoms with Gasteiger partial charge < -0.3 is 4.57 Å². The molecule has 0 fully saturated rings. The molecule has 0 bridgehead atoms. The Morgan fingerprint density at radius 3 is 1.67 bits per heavy atom. The van der Waals surface area contributed by atoms with Gasteiger partial charge in [-0.2, -0.15) is 0 Å². The van der Waals surface area contributed by atoms with Crippen LogP contribution < -0.4 is 0 Å². The highest BCUT2D eigenvalue weighted by molar-refractivity contribution is 6.17. The molecule has 0 saturated heterocycles. The highest BCUT2D eigenvalue weighted by atomic mass is 16.1. The van der Waals surface area contributed by atoms with Crippen molar-refractivity contribution in [3.63, 3.8) is 0 Å². The quantitative estimate of drug-likeness (QED) is 0.175. The first kappa shape index (κ1) is 27.0. The average molecular weight is 626 g/mol. The summed E-state index contributed by atoms with van der Waals surface area (Å²) in [6, 6.07) is 54.5. The second kappa shape index (κ2) is 9.12. The van der Waals surface area contributed by atoms with Crippen LogP contribution in [0.5, 0.6) is 0 Å². The van der Waals surface area contributed by atoms with Gasteiger partial charge in [0.05, 0.1) is 22.1 Å². The first-order chi connectivity index (χ1) is 24.0. The molecule has 2 aliphatic carbocycles. The van der Waals surface area contributed by atoms with E-state index in [1.807, 2.05) is 6.07 Å². The van der Waals surface area contributed by atoms with E-state index in [-0.39, 0.29) is 11.2 Å². The van der Waals surface area contributed by atoms with Crippen molar-refractivity contribution in [2.45, 2.75) is 24.7 Å². The predicted octanol–water partition coefficient (Wildman–Crippen LogP) is 11.0. The van der Waals surface area contributed by atoms with Crippen molar-refractivity contribution in [2.24, 2.45) is 0 Å². The number of para-hydroxylation sites is 2. The summed E-state index contributed by atoms with van der Waals surface area (Å²) >= 11 is 0. The molecule has 230 valence electrons. The molecule has 3 aliphatic rings. The molecular weight excluding hydrogens is 595 g/mol. The van der Waals surface area contributed by atoms with Gasteiger partial charge in [0.25, 0.3) is 0 Å². The lowest BCUT2D eigenvalue weighted by Gasteiger charge is -2.35. The number of carbonyl (C=O) groups is 1. The van der Waals surface area contributed by atoms with Crippen LogP contribution in [0.4, 0.5) is 0 Å². The maximum atomic E-state index is 14.9. The Labute approximate surface area is 284 Å². The van der Waals surface area contributed by atoms with Gasteiger partial charge in [0.1, 0.15) is 0 Å². The summed E-state index contributed by atoms with van der Waals surface area (Å²) in [5.74, 6) is 0.0538. The number of fused-ring (bicyclic) bond motifs is 15. The minimum atomic E-state index is -0.482. The summed E-state index contributed by atoms with van der Waals surface area (Å²) in [5, 5.41) is 2.30. The molecule has 2 heteroatoms. The lowest BCUT2D eigenvalue weighted by atomic mass is 9.70. The first-order valence-corrected chi connectivity index (χ1v) is 17.2. The van der Waals surface area contributed by atoms with Crippen LogP contribution in [0.2, 0.25) is 0 Å². The minimum Gasteiger partial charge on any atom is -0.309 e. The molecule has 1 aromatic heterocycles. The highest BCUT2D eigenvalue weighted by Gasteiger charge is 2.51. The monoisotopic (exact) mass is 625 g/mol. The molecule has 0 amide bonds. The Balaban J connectivity index is 1.17. The van der Waals surface area contributed by atoms with Gasteiger partial charge in [-0.25, -0.2) is 0 Å². The van der Waals surface area contributed by atoms with Crippen LogP contribution in [0.25, 0.3) is 49.7 Å². The van der Waals surface area contributed by atoms with Gasteiger partial charge in [0.15, 0.2) is 5.78 Å². The lowest BCUT2D eigenvalue weighted by Crippen LogP contribution is -2.27. The minimum absolute atomic E-state index is 0.0538. The second-order valence-corrected chi connectivity index (χ2v) is 14.4. The van der Waals surface area contributed by atoms with Gasteiger partial charge in [-0.05, 0) is 86.0 Å². The molecule has 0 radical (unpaired) electrons. The summed E-state index contributed by atoms with van der Waals surface area (Å²) in [4.78, 5) is 14.9. The number of rotatable bonds is 2. The van der Waals surface area contributed by atoms with E-state index in [0.29, 0.717) is 0 Å². The van der Waals surface area contributed by atoms with Gasteiger partial charge in [0, 0.05) is 27.3 Å². The smallest absolute Gasteiger partial charge is 0.193 e. The van der Waals surface area contributed by atoms with E-state index < -0.39 is 5.41 Å². The molecule has 0 atom stereocenters. The summed E-state index contributed by atoms with van der Waals surface area (Å²) in [6.07, 6.45) is 0. The lowest BCUT2D eigenvalue weighted by molar-refractivity contribution is 0.103. The number of hydrogen-bond acceptors (Lipinski definition) is 1. The summed E-state index contributed by atoms with van der Waals surface area (Å²) < 4.78 is 2.40. The van der Waals surface area contributed by atoms with Crippen molar-refractivity contribution in [2.75, 3.05) is 0 Å². The topological polar surface area (TPSA) is 22.0 Å². The van der Waals surface area contributed by atoms with E-state index in [2.05, 4.69) is 164 Å². The van der Waals surface area contributed by atoms with Gasteiger partial charge in [-0.15, -0.1) is 0 Å².